The summed E-state index contributed by atoms with van der Waals surface area (Å²) in [6.07, 6.45) is 0.907. The van der Waals surface area contributed by atoms with Gasteiger partial charge in [-0.05, 0) is 62.9 Å². The molecule has 1 aliphatic rings. The summed E-state index contributed by atoms with van der Waals surface area (Å²) in [4.78, 5) is 22.9. The summed E-state index contributed by atoms with van der Waals surface area (Å²) in [6.45, 7) is 13.4. The number of benzene rings is 2. The molecule has 1 aromatic heterocycles. The van der Waals surface area contributed by atoms with E-state index >= 15 is 0 Å². The van der Waals surface area contributed by atoms with Gasteiger partial charge in [0, 0.05) is 31.7 Å². The SMILES string of the molecule is Cc1ccc(C(=O)N(CCCN2CCOCC2)c2nc3c(C)c(C)ccc3s2)c(C)c1. The molecule has 0 unspecified atom stereocenters. The van der Waals surface area contributed by atoms with Crippen LogP contribution >= 0.6 is 11.3 Å². The highest BCUT2D eigenvalue weighted by molar-refractivity contribution is 7.22. The maximum atomic E-state index is 13.6. The van der Waals surface area contributed by atoms with Crippen LogP contribution in [0.5, 0.6) is 0 Å². The number of carbonyl (C=O) groups is 1. The highest BCUT2D eigenvalue weighted by Crippen LogP contribution is 2.33. The Kier molecular flexibility index (Phi) is 6.70. The molecule has 0 spiro atoms. The Morgan fingerprint density at radius 2 is 1.87 bits per heavy atom. The number of aromatic nitrogens is 1. The van der Waals surface area contributed by atoms with Gasteiger partial charge in [-0.1, -0.05) is 35.1 Å². The molecule has 0 aliphatic carbocycles. The van der Waals surface area contributed by atoms with Crippen LogP contribution in [0.4, 0.5) is 5.13 Å². The zero-order valence-corrected chi connectivity index (χ0v) is 19.7. The molecule has 164 valence electrons. The summed E-state index contributed by atoms with van der Waals surface area (Å²) < 4.78 is 6.58. The number of nitrogens with zero attached hydrogens (tertiary/aromatic N) is 3. The Morgan fingerprint density at radius 1 is 1.10 bits per heavy atom. The average Bonchev–Trinajstić information content (AvgIpc) is 3.19. The summed E-state index contributed by atoms with van der Waals surface area (Å²) in [5, 5.41) is 0.788. The van der Waals surface area contributed by atoms with E-state index in [0.29, 0.717) is 6.54 Å². The van der Waals surface area contributed by atoms with E-state index in [1.807, 2.05) is 24.0 Å². The predicted octanol–water partition coefficient (Wildman–Crippen LogP) is 4.90. The zero-order chi connectivity index (χ0) is 22.0. The number of thiazole rings is 1. The fourth-order valence-electron chi connectivity index (χ4n) is 4.09. The minimum Gasteiger partial charge on any atom is -0.379 e. The molecule has 5 nitrogen and oxygen atoms in total. The highest BCUT2D eigenvalue weighted by atomic mass is 32.1. The maximum absolute atomic E-state index is 13.6. The summed E-state index contributed by atoms with van der Waals surface area (Å²) >= 11 is 1.61. The van der Waals surface area contributed by atoms with Crippen molar-refractivity contribution in [3.8, 4) is 0 Å². The molecule has 31 heavy (non-hydrogen) atoms. The summed E-state index contributed by atoms with van der Waals surface area (Å²) in [5.41, 5.74) is 6.35. The van der Waals surface area contributed by atoms with Crippen LogP contribution in [0.1, 0.15) is 39.0 Å². The lowest BCUT2D eigenvalue weighted by atomic mass is 10.0. The van der Waals surface area contributed by atoms with Gasteiger partial charge in [0.05, 0.1) is 23.4 Å². The van der Waals surface area contributed by atoms with Crippen LogP contribution in [0.2, 0.25) is 0 Å². The van der Waals surface area contributed by atoms with Crippen molar-refractivity contribution in [1.82, 2.24) is 9.88 Å². The normalized spacial score (nSPS) is 14.8. The molecule has 0 atom stereocenters. The second kappa shape index (κ2) is 9.47. The quantitative estimate of drug-likeness (QED) is 0.550. The Hall–Kier alpha value is -2.28. The molecular formula is C25H31N3O2S. The van der Waals surface area contributed by atoms with Crippen LogP contribution in [0, 0.1) is 27.7 Å². The highest BCUT2D eigenvalue weighted by Gasteiger charge is 2.23. The van der Waals surface area contributed by atoms with Gasteiger partial charge in [-0.25, -0.2) is 4.98 Å². The number of carbonyl (C=O) groups excluding carboxylic acids is 1. The minimum atomic E-state index is 0.0351. The van der Waals surface area contributed by atoms with Gasteiger partial charge in [0.1, 0.15) is 0 Å². The van der Waals surface area contributed by atoms with Gasteiger partial charge in [-0.2, -0.15) is 0 Å². The van der Waals surface area contributed by atoms with E-state index in [4.69, 9.17) is 9.72 Å². The number of hydrogen-bond donors (Lipinski definition) is 0. The fourth-order valence-corrected chi connectivity index (χ4v) is 5.14. The van der Waals surface area contributed by atoms with Crippen molar-refractivity contribution >= 4 is 32.6 Å². The van der Waals surface area contributed by atoms with Gasteiger partial charge < -0.3 is 4.74 Å². The van der Waals surface area contributed by atoms with Gasteiger partial charge in [0.25, 0.3) is 5.91 Å². The van der Waals surface area contributed by atoms with Crippen LogP contribution in [-0.4, -0.2) is 55.2 Å². The smallest absolute Gasteiger partial charge is 0.260 e. The van der Waals surface area contributed by atoms with Crippen LogP contribution < -0.4 is 4.90 Å². The van der Waals surface area contributed by atoms with Gasteiger partial charge >= 0.3 is 0 Å². The topological polar surface area (TPSA) is 45.7 Å². The lowest BCUT2D eigenvalue weighted by molar-refractivity contribution is 0.0376. The fraction of sp³-hybridized carbons (Fsp3) is 0.440. The molecule has 3 aromatic rings. The monoisotopic (exact) mass is 437 g/mol. The molecule has 0 radical (unpaired) electrons. The lowest BCUT2D eigenvalue weighted by Crippen LogP contribution is -2.39. The predicted molar refractivity (Wildman–Crippen MR) is 129 cm³/mol. The minimum absolute atomic E-state index is 0.0351. The van der Waals surface area contributed by atoms with E-state index in [9.17, 15) is 4.79 Å². The van der Waals surface area contributed by atoms with E-state index in [0.717, 1.165) is 65.7 Å². The first-order valence-electron chi connectivity index (χ1n) is 11.0. The van der Waals surface area contributed by atoms with E-state index < -0.39 is 0 Å². The van der Waals surface area contributed by atoms with Crippen LogP contribution in [0.3, 0.4) is 0 Å². The molecule has 1 aliphatic heterocycles. The first-order valence-corrected chi connectivity index (χ1v) is 11.8. The molecule has 6 heteroatoms. The number of rotatable bonds is 6. The Bertz CT molecular complexity index is 1090. The molecule has 1 amide bonds. The van der Waals surface area contributed by atoms with E-state index in [2.05, 4.69) is 43.9 Å². The van der Waals surface area contributed by atoms with Crippen molar-refractivity contribution in [2.45, 2.75) is 34.1 Å². The average molecular weight is 438 g/mol. The number of morpholine rings is 1. The third-order valence-electron chi connectivity index (χ3n) is 6.12. The first kappa shape index (κ1) is 21.9. The number of amides is 1. The molecule has 0 bridgehead atoms. The molecule has 1 fully saturated rings. The lowest BCUT2D eigenvalue weighted by Gasteiger charge is -2.28. The number of aryl methyl sites for hydroxylation is 4. The number of hydrogen-bond acceptors (Lipinski definition) is 5. The summed E-state index contributed by atoms with van der Waals surface area (Å²) in [7, 11) is 0. The third kappa shape index (κ3) is 4.81. The standard InChI is InChI=1S/C25H31N3O2S/c1-17-6-8-21(19(3)16-17)24(29)28(11-5-10-27-12-14-30-15-13-27)25-26-23-20(4)18(2)7-9-22(23)31-25/h6-9,16H,5,10-15H2,1-4H3. The Labute approximate surface area is 188 Å². The second-order valence-electron chi connectivity index (χ2n) is 8.43. The number of ether oxygens (including phenoxy) is 1. The molecule has 2 heterocycles. The van der Waals surface area contributed by atoms with Gasteiger partial charge in [0.15, 0.2) is 5.13 Å². The van der Waals surface area contributed by atoms with Crippen molar-refractivity contribution in [2.24, 2.45) is 0 Å². The van der Waals surface area contributed by atoms with Crippen molar-refractivity contribution < 1.29 is 9.53 Å². The Balaban J connectivity index is 1.63. The van der Waals surface area contributed by atoms with Gasteiger partial charge in [0.2, 0.25) is 0 Å². The van der Waals surface area contributed by atoms with Crippen molar-refractivity contribution in [3.63, 3.8) is 0 Å². The molecule has 1 saturated heterocycles. The maximum Gasteiger partial charge on any atom is 0.260 e. The largest absolute Gasteiger partial charge is 0.379 e. The second-order valence-corrected chi connectivity index (χ2v) is 9.44. The third-order valence-corrected chi connectivity index (χ3v) is 7.17. The number of fused-ring (bicyclic) bond motifs is 1. The van der Waals surface area contributed by atoms with E-state index in [1.54, 1.807) is 11.3 Å². The van der Waals surface area contributed by atoms with Gasteiger partial charge in [-0.15, -0.1) is 0 Å². The van der Waals surface area contributed by atoms with Crippen molar-refractivity contribution in [1.29, 1.82) is 0 Å². The number of anilines is 1. The van der Waals surface area contributed by atoms with Crippen LogP contribution in [-0.2, 0) is 4.74 Å². The molecule has 0 saturated carbocycles. The molecule has 0 N–H and O–H groups in total. The first-order chi connectivity index (χ1) is 14.9. The van der Waals surface area contributed by atoms with E-state index in [1.165, 1.54) is 16.7 Å². The molecular weight excluding hydrogens is 406 g/mol. The summed E-state index contributed by atoms with van der Waals surface area (Å²) in [6, 6.07) is 10.3. The summed E-state index contributed by atoms with van der Waals surface area (Å²) in [5.74, 6) is 0.0351. The van der Waals surface area contributed by atoms with Crippen LogP contribution in [0.25, 0.3) is 10.2 Å². The van der Waals surface area contributed by atoms with Crippen molar-refractivity contribution in [2.75, 3.05) is 44.3 Å². The zero-order valence-electron chi connectivity index (χ0n) is 18.9. The van der Waals surface area contributed by atoms with E-state index in [-0.39, 0.29) is 5.91 Å². The van der Waals surface area contributed by atoms with Crippen LogP contribution in [0.15, 0.2) is 30.3 Å². The Morgan fingerprint density at radius 3 is 2.61 bits per heavy atom. The molecule has 2 aromatic carbocycles. The van der Waals surface area contributed by atoms with Crippen molar-refractivity contribution in [3.05, 3.63) is 58.1 Å². The van der Waals surface area contributed by atoms with Gasteiger partial charge in [-0.3, -0.25) is 14.6 Å². The molecule has 4 rings (SSSR count).